The monoisotopic (exact) mass is 480 g/mol. The molecule has 1 atom stereocenters. The SMILES string of the molecule is O=C(C1CCCN(S(=O)(=O)c2cccc(O)c2)C1)N1CCN(c2ccnc3ccccc23)CC1. The van der Waals surface area contributed by atoms with Crippen molar-refractivity contribution in [2.45, 2.75) is 17.7 Å². The van der Waals surface area contributed by atoms with Gasteiger partial charge in [-0.15, -0.1) is 0 Å². The van der Waals surface area contributed by atoms with E-state index in [-0.39, 0.29) is 29.0 Å². The molecule has 3 heterocycles. The minimum Gasteiger partial charge on any atom is -0.508 e. The van der Waals surface area contributed by atoms with Crippen LogP contribution in [-0.2, 0) is 14.8 Å². The van der Waals surface area contributed by atoms with Gasteiger partial charge in [-0.05, 0) is 43.2 Å². The summed E-state index contributed by atoms with van der Waals surface area (Å²) in [6.45, 7) is 3.20. The largest absolute Gasteiger partial charge is 0.508 e. The van der Waals surface area contributed by atoms with Crippen LogP contribution in [0.15, 0.2) is 65.7 Å². The van der Waals surface area contributed by atoms with Gasteiger partial charge in [-0.3, -0.25) is 9.78 Å². The number of aromatic nitrogens is 1. The second kappa shape index (κ2) is 9.23. The predicted octanol–water partition coefficient (Wildman–Crippen LogP) is 2.69. The number of fused-ring (bicyclic) bond motifs is 1. The van der Waals surface area contributed by atoms with Gasteiger partial charge >= 0.3 is 0 Å². The van der Waals surface area contributed by atoms with Crippen molar-refractivity contribution in [3.05, 3.63) is 60.8 Å². The number of nitrogens with zero attached hydrogens (tertiary/aromatic N) is 4. The Morgan fingerprint density at radius 2 is 1.76 bits per heavy atom. The average Bonchev–Trinajstić information content (AvgIpc) is 2.88. The zero-order valence-electron chi connectivity index (χ0n) is 18.9. The van der Waals surface area contributed by atoms with Crippen LogP contribution in [0.25, 0.3) is 10.9 Å². The maximum atomic E-state index is 13.3. The van der Waals surface area contributed by atoms with Crippen molar-refractivity contribution in [3.63, 3.8) is 0 Å². The van der Waals surface area contributed by atoms with Crippen LogP contribution in [-0.4, -0.2) is 72.9 Å². The highest BCUT2D eigenvalue weighted by Crippen LogP contribution is 2.29. The number of phenolic OH excluding ortho intramolecular Hbond substituents is 1. The van der Waals surface area contributed by atoms with E-state index in [4.69, 9.17) is 0 Å². The van der Waals surface area contributed by atoms with Gasteiger partial charge < -0.3 is 14.9 Å². The van der Waals surface area contributed by atoms with Crippen molar-refractivity contribution < 1.29 is 18.3 Å². The van der Waals surface area contributed by atoms with Gasteiger partial charge in [-0.1, -0.05) is 24.3 Å². The zero-order chi connectivity index (χ0) is 23.7. The van der Waals surface area contributed by atoms with Crippen LogP contribution in [0.3, 0.4) is 0 Å². The number of carbonyl (C=O) groups excluding carboxylic acids is 1. The van der Waals surface area contributed by atoms with Crippen LogP contribution in [0.1, 0.15) is 12.8 Å². The lowest BCUT2D eigenvalue weighted by Gasteiger charge is -2.39. The molecule has 34 heavy (non-hydrogen) atoms. The molecule has 1 aromatic heterocycles. The number of sulfonamides is 1. The number of anilines is 1. The average molecular weight is 481 g/mol. The number of amides is 1. The van der Waals surface area contributed by atoms with Crippen LogP contribution >= 0.6 is 0 Å². The highest BCUT2D eigenvalue weighted by Gasteiger charge is 2.36. The highest BCUT2D eigenvalue weighted by atomic mass is 32.2. The van der Waals surface area contributed by atoms with Crippen molar-refractivity contribution in [2.24, 2.45) is 5.92 Å². The van der Waals surface area contributed by atoms with E-state index in [2.05, 4.69) is 16.0 Å². The Morgan fingerprint density at radius 1 is 0.971 bits per heavy atom. The lowest BCUT2D eigenvalue weighted by atomic mass is 9.97. The van der Waals surface area contributed by atoms with Crippen LogP contribution in [0.5, 0.6) is 5.75 Å². The fourth-order valence-corrected chi connectivity index (χ4v) is 6.50. The molecular formula is C25H28N4O4S. The molecule has 2 aliphatic rings. The molecule has 0 aliphatic carbocycles. The van der Waals surface area contributed by atoms with E-state index in [1.807, 2.05) is 35.4 Å². The topological polar surface area (TPSA) is 94.0 Å². The molecular weight excluding hydrogens is 452 g/mol. The molecule has 1 N–H and O–H groups in total. The number of pyridine rings is 1. The molecule has 3 aromatic rings. The van der Waals surface area contributed by atoms with E-state index < -0.39 is 10.0 Å². The molecule has 178 valence electrons. The van der Waals surface area contributed by atoms with Crippen molar-refractivity contribution in [3.8, 4) is 5.75 Å². The van der Waals surface area contributed by atoms with Crippen molar-refractivity contribution in [2.75, 3.05) is 44.2 Å². The second-order valence-electron chi connectivity index (χ2n) is 8.86. The van der Waals surface area contributed by atoms with Gasteiger partial charge in [0.05, 0.1) is 16.3 Å². The molecule has 5 rings (SSSR count). The number of para-hydroxylation sites is 1. The summed E-state index contributed by atoms with van der Waals surface area (Å²) in [7, 11) is -3.76. The fourth-order valence-electron chi connectivity index (χ4n) is 4.94. The number of piperidine rings is 1. The number of benzene rings is 2. The van der Waals surface area contributed by atoms with E-state index in [9.17, 15) is 18.3 Å². The summed E-state index contributed by atoms with van der Waals surface area (Å²) in [4.78, 5) is 22.0. The summed E-state index contributed by atoms with van der Waals surface area (Å²) in [6, 6.07) is 15.8. The molecule has 2 aliphatic heterocycles. The molecule has 0 spiro atoms. The second-order valence-corrected chi connectivity index (χ2v) is 10.8. The van der Waals surface area contributed by atoms with E-state index in [0.29, 0.717) is 32.5 Å². The van der Waals surface area contributed by atoms with Crippen molar-refractivity contribution in [1.82, 2.24) is 14.2 Å². The molecule has 2 aromatic carbocycles. The Bertz CT molecular complexity index is 1300. The number of aromatic hydroxyl groups is 1. The lowest BCUT2D eigenvalue weighted by Crippen LogP contribution is -2.53. The first kappa shape index (κ1) is 22.6. The molecule has 9 heteroatoms. The quantitative estimate of drug-likeness (QED) is 0.617. The Morgan fingerprint density at radius 3 is 2.56 bits per heavy atom. The summed E-state index contributed by atoms with van der Waals surface area (Å²) < 4.78 is 27.5. The third kappa shape index (κ3) is 4.33. The Balaban J connectivity index is 1.25. The maximum Gasteiger partial charge on any atom is 0.243 e. The molecule has 1 amide bonds. The van der Waals surface area contributed by atoms with E-state index in [1.165, 1.54) is 28.6 Å². The van der Waals surface area contributed by atoms with Crippen molar-refractivity contribution in [1.29, 1.82) is 0 Å². The Kier molecular flexibility index (Phi) is 6.14. The number of hydrogen-bond acceptors (Lipinski definition) is 6. The van der Waals surface area contributed by atoms with E-state index >= 15 is 0 Å². The van der Waals surface area contributed by atoms with Crippen molar-refractivity contribution >= 4 is 32.5 Å². The molecule has 0 bridgehead atoms. The van der Waals surface area contributed by atoms with Crippen LogP contribution in [0.4, 0.5) is 5.69 Å². The van der Waals surface area contributed by atoms with E-state index in [0.717, 1.165) is 29.7 Å². The fraction of sp³-hybridized carbons (Fsp3) is 0.360. The first-order valence-electron chi connectivity index (χ1n) is 11.6. The third-order valence-corrected chi connectivity index (χ3v) is 8.61. The van der Waals surface area contributed by atoms with Crippen LogP contribution in [0, 0.1) is 5.92 Å². The van der Waals surface area contributed by atoms with Gasteiger partial charge in [0.15, 0.2) is 0 Å². The Labute approximate surface area is 199 Å². The number of carbonyl (C=O) groups is 1. The summed E-state index contributed by atoms with van der Waals surface area (Å²) >= 11 is 0. The standard InChI is InChI=1S/C25H28N4O4S/c30-20-6-3-7-21(17-20)34(32,33)29-12-4-5-19(18-29)25(31)28-15-13-27(14-16-28)24-10-11-26-23-9-2-1-8-22(23)24/h1-3,6-11,17,19,30H,4-5,12-16,18H2. The number of rotatable bonds is 4. The van der Waals surface area contributed by atoms with Gasteiger partial charge in [-0.25, -0.2) is 8.42 Å². The van der Waals surface area contributed by atoms with Crippen LogP contribution < -0.4 is 4.90 Å². The summed E-state index contributed by atoms with van der Waals surface area (Å²) in [5, 5.41) is 10.8. The third-order valence-electron chi connectivity index (χ3n) is 6.75. The van der Waals surface area contributed by atoms with Gasteiger partial charge in [0.1, 0.15) is 5.75 Å². The van der Waals surface area contributed by atoms with Gasteiger partial charge in [0.25, 0.3) is 0 Å². The lowest BCUT2D eigenvalue weighted by molar-refractivity contribution is -0.137. The zero-order valence-corrected chi connectivity index (χ0v) is 19.7. The molecule has 2 fully saturated rings. The molecule has 2 saturated heterocycles. The maximum absolute atomic E-state index is 13.3. The Hall–Kier alpha value is -3.17. The number of hydrogen-bond donors (Lipinski definition) is 1. The molecule has 0 saturated carbocycles. The first-order valence-corrected chi connectivity index (χ1v) is 13.0. The van der Waals surface area contributed by atoms with E-state index in [1.54, 1.807) is 0 Å². The highest BCUT2D eigenvalue weighted by molar-refractivity contribution is 7.89. The van der Waals surface area contributed by atoms with Gasteiger partial charge in [0.2, 0.25) is 15.9 Å². The number of piperazine rings is 1. The predicted molar refractivity (Wildman–Crippen MR) is 130 cm³/mol. The normalized spacial score (nSPS) is 19.9. The molecule has 0 radical (unpaired) electrons. The summed E-state index contributed by atoms with van der Waals surface area (Å²) in [5.74, 6) is -0.422. The minimum atomic E-state index is -3.76. The molecule has 8 nitrogen and oxygen atoms in total. The van der Waals surface area contributed by atoms with Crippen LogP contribution in [0.2, 0.25) is 0 Å². The van der Waals surface area contributed by atoms with Gasteiger partial charge in [-0.2, -0.15) is 4.31 Å². The molecule has 1 unspecified atom stereocenters. The first-order chi connectivity index (χ1) is 16.4. The summed E-state index contributed by atoms with van der Waals surface area (Å²) in [5.41, 5.74) is 2.08. The smallest absolute Gasteiger partial charge is 0.243 e. The summed E-state index contributed by atoms with van der Waals surface area (Å²) in [6.07, 6.45) is 3.14. The minimum absolute atomic E-state index is 0.0232. The van der Waals surface area contributed by atoms with Gasteiger partial charge in [0, 0.05) is 56.5 Å². The number of phenols is 1.